The van der Waals surface area contributed by atoms with E-state index in [9.17, 15) is 9.59 Å². The largest absolute Gasteiger partial charge is 0.369 e. The van der Waals surface area contributed by atoms with E-state index in [2.05, 4.69) is 27.4 Å². The standard InChI is InChI=1S/C18H27ClN4O2/c1-12(2)20-18(25)21-17(24)14(4)22-7-9-23(10-8-22)16-11-15(19)6-5-13(16)3/h5-6,11-12,14H,7-10H2,1-4H3,(H2,20,21,24,25)/t14-/m1/s1. The molecule has 1 aliphatic rings. The van der Waals surface area contributed by atoms with Crippen LogP contribution in [-0.2, 0) is 4.79 Å². The maximum Gasteiger partial charge on any atom is 0.321 e. The third-order valence-corrected chi connectivity index (χ3v) is 4.64. The highest BCUT2D eigenvalue weighted by Crippen LogP contribution is 2.25. The first kappa shape index (κ1) is 19.5. The molecule has 0 spiro atoms. The maximum atomic E-state index is 12.2. The summed E-state index contributed by atoms with van der Waals surface area (Å²) in [6.45, 7) is 10.8. The monoisotopic (exact) mass is 366 g/mol. The third-order valence-electron chi connectivity index (χ3n) is 4.41. The highest BCUT2D eigenvalue weighted by Gasteiger charge is 2.27. The number of urea groups is 1. The van der Waals surface area contributed by atoms with Crippen LogP contribution in [0.3, 0.4) is 0 Å². The number of nitrogens with one attached hydrogen (secondary N) is 2. The van der Waals surface area contributed by atoms with Gasteiger partial charge in [-0.3, -0.25) is 15.0 Å². The Morgan fingerprint density at radius 1 is 1.12 bits per heavy atom. The van der Waals surface area contributed by atoms with E-state index in [4.69, 9.17) is 11.6 Å². The molecule has 1 aliphatic heterocycles. The van der Waals surface area contributed by atoms with Gasteiger partial charge in [0.15, 0.2) is 0 Å². The summed E-state index contributed by atoms with van der Waals surface area (Å²) < 4.78 is 0. The fourth-order valence-electron chi connectivity index (χ4n) is 2.95. The van der Waals surface area contributed by atoms with Gasteiger partial charge in [0.1, 0.15) is 0 Å². The number of anilines is 1. The highest BCUT2D eigenvalue weighted by atomic mass is 35.5. The second-order valence-corrected chi connectivity index (χ2v) is 7.18. The van der Waals surface area contributed by atoms with Gasteiger partial charge in [0, 0.05) is 42.9 Å². The van der Waals surface area contributed by atoms with Crippen LogP contribution < -0.4 is 15.5 Å². The predicted octanol–water partition coefficient (Wildman–Crippen LogP) is 2.39. The van der Waals surface area contributed by atoms with Gasteiger partial charge in [-0.25, -0.2) is 4.79 Å². The van der Waals surface area contributed by atoms with Crippen molar-refractivity contribution < 1.29 is 9.59 Å². The molecule has 3 amide bonds. The van der Waals surface area contributed by atoms with E-state index < -0.39 is 6.03 Å². The topological polar surface area (TPSA) is 64.7 Å². The second kappa shape index (κ2) is 8.54. The molecular weight excluding hydrogens is 340 g/mol. The zero-order chi connectivity index (χ0) is 18.6. The molecule has 138 valence electrons. The molecule has 7 heteroatoms. The average Bonchev–Trinajstić information content (AvgIpc) is 2.55. The average molecular weight is 367 g/mol. The molecule has 1 atom stereocenters. The number of imide groups is 1. The molecule has 25 heavy (non-hydrogen) atoms. The molecular formula is C18H27ClN4O2. The zero-order valence-corrected chi connectivity index (χ0v) is 16.1. The van der Waals surface area contributed by atoms with E-state index in [0.717, 1.165) is 36.9 Å². The van der Waals surface area contributed by atoms with Gasteiger partial charge >= 0.3 is 6.03 Å². The number of carbonyl (C=O) groups excluding carboxylic acids is 2. The normalized spacial score (nSPS) is 16.6. The van der Waals surface area contributed by atoms with Crippen LogP contribution >= 0.6 is 11.6 Å². The number of aryl methyl sites for hydroxylation is 1. The molecule has 1 heterocycles. The van der Waals surface area contributed by atoms with Gasteiger partial charge in [-0.05, 0) is 45.4 Å². The zero-order valence-electron chi connectivity index (χ0n) is 15.3. The Kier molecular flexibility index (Phi) is 6.67. The quantitative estimate of drug-likeness (QED) is 0.858. The third kappa shape index (κ3) is 5.34. The van der Waals surface area contributed by atoms with Gasteiger partial charge in [-0.2, -0.15) is 0 Å². The first-order chi connectivity index (χ1) is 11.8. The van der Waals surface area contributed by atoms with Gasteiger partial charge in [0.05, 0.1) is 6.04 Å². The van der Waals surface area contributed by atoms with E-state index in [0.29, 0.717) is 0 Å². The molecule has 0 unspecified atom stereocenters. The van der Waals surface area contributed by atoms with Crippen LogP contribution in [0.25, 0.3) is 0 Å². The lowest BCUT2D eigenvalue weighted by molar-refractivity contribution is -0.124. The van der Waals surface area contributed by atoms with Gasteiger partial charge in [0.25, 0.3) is 0 Å². The van der Waals surface area contributed by atoms with Crippen LogP contribution in [0.4, 0.5) is 10.5 Å². The summed E-state index contributed by atoms with van der Waals surface area (Å²) in [4.78, 5) is 28.3. The molecule has 1 saturated heterocycles. The van der Waals surface area contributed by atoms with Crippen LogP contribution in [0, 0.1) is 6.92 Å². The van der Waals surface area contributed by atoms with Gasteiger partial charge in [-0.15, -0.1) is 0 Å². The summed E-state index contributed by atoms with van der Waals surface area (Å²) in [5.41, 5.74) is 2.33. The van der Waals surface area contributed by atoms with E-state index in [1.807, 2.05) is 39.0 Å². The van der Waals surface area contributed by atoms with Crippen molar-refractivity contribution in [2.45, 2.75) is 39.8 Å². The first-order valence-electron chi connectivity index (χ1n) is 8.64. The van der Waals surface area contributed by atoms with Crippen molar-refractivity contribution in [3.8, 4) is 0 Å². The maximum absolute atomic E-state index is 12.2. The van der Waals surface area contributed by atoms with E-state index in [1.165, 1.54) is 5.56 Å². The van der Waals surface area contributed by atoms with Gasteiger partial charge in [-0.1, -0.05) is 17.7 Å². The molecule has 1 aromatic carbocycles. The summed E-state index contributed by atoms with van der Waals surface area (Å²) in [6, 6.07) is 5.10. The minimum Gasteiger partial charge on any atom is -0.369 e. The number of rotatable bonds is 4. The molecule has 6 nitrogen and oxygen atoms in total. The van der Waals surface area contributed by atoms with Crippen LogP contribution in [0.5, 0.6) is 0 Å². The van der Waals surface area contributed by atoms with Gasteiger partial charge < -0.3 is 10.2 Å². The Morgan fingerprint density at radius 3 is 2.36 bits per heavy atom. The smallest absolute Gasteiger partial charge is 0.321 e. The number of piperazine rings is 1. The molecule has 0 radical (unpaired) electrons. The number of benzene rings is 1. The molecule has 0 saturated carbocycles. The number of amides is 3. The Bertz CT molecular complexity index is 628. The molecule has 2 N–H and O–H groups in total. The lowest BCUT2D eigenvalue weighted by atomic mass is 10.1. The summed E-state index contributed by atoms with van der Waals surface area (Å²) in [6.07, 6.45) is 0. The fraction of sp³-hybridized carbons (Fsp3) is 0.556. The number of hydrogen-bond acceptors (Lipinski definition) is 4. The summed E-state index contributed by atoms with van der Waals surface area (Å²) >= 11 is 6.11. The Morgan fingerprint density at radius 2 is 1.76 bits per heavy atom. The molecule has 0 aromatic heterocycles. The Balaban J connectivity index is 1.89. The van der Waals surface area contributed by atoms with Gasteiger partial charge in [0.2, 0.25) is 5.91 Å². The molecule has 0 aliphatic carbocycles. The fourth-order valence-corrected chi connectivity index (χ4v) is 3.12. The molecule has 1 fully saturated rings. The van der Waals surface area contributed by atoms with Crippen molar-refractivity contribution in [1.82, 2.24) is 15.5 Å². The van der Waals surface area contributed by atoms with Crippen LogP contribution in [0.15, 0.2) is 18.2 Å². The van der Waals surface area contributed by atoms with Crippen molar-refractivity contribution in [3.05, 3.63) is 28.8 Å². The van der Waals surface area contributed by atoms with Crippen molar-refractivity contribution in [2.75, 3.05) is 31.1 Å². The number of carbonyl (C=O) groups is 2. The van der Waals surface area contributed by atoms with Crippen molar-refractivity contribution in [2.24, 2.45) is 0 Å². The molecule has 2 rings (SSSR count). The van der Waals surface area contributed by atoms with E-state index in [-0.39, 0.29) is 18.0 Å². The Hall–Kier alpha value is -1.79. The highest BCUT2D eigenvalue weighted by molar-refractivity contribution is 6.30. The number of halogens is 1. The van der Waals surface area contributed by atoms with E-state index >= 15 is 0 Å². The number of nitrogens with zero attached hydrogens (tertiary/aromatic N) is 2. The first-order valence-corrected chi connectivity index (χ1v) is 9.02. The lowest BCUT2D eigenvalue weighted by Crippen LogP contribution is -2.56. The van der Waals surface area contributed by atoms with Crippen molar-refractivity contribution in [1.29, 1.82) is 0 Å². The minimum atomic E-state index is -0.444. The predicted molar refractivity (Wildman–Crippen MR) is 101 cm³/mol. The van der Waals surface area contributed by atoms with Crippen LogP contribution in [-0.4, -0.2) is 55.1 Å². The van der Waals surface area contributed by atoms with Crippen LogP contribution in [0.2, 0.25) is 5.02 Å². The van der Waals surface area contributed by atoms with E-state index in [1.54, 1.807) is 0 Å². The van der Waals surface area contributed by atoms with Crippen LogP contribution in [0.1, 0.15) is 26.3 Å². The molecule has 0 bridgehead atoms. The van der Waals surface area contributed by atoms with Crippen molar-refractivity contribution in [3.63, 3.8) is 0 Å². The minimum absolute atomic E-state index is 0.00686. The summed E-state index contributed by atoms with van der Waals surface area (Å²) in [5.74, 6) is -0.273. The number of hydrogen-bond donors (Lipinski definition) is 2. The van der Waals surface area contributed by atoms with Crippen molar-refractivity contribution >= 4 is 29.2 Å². The SMILES string of the molecule is Cc1ccc(Cl)cc1N1CCN([C@H](C)C(=O)NC(=O)NC(C)C)CC1. The molecule has 1 aromatic rings. The second-order valence-electron chi connectivity index (χ2n) is 6.75. The summed E-state index contributed by atoms with van der Waals surface area (Å²) in [7, 11) is 0. The lowest BCUT2D eigenvalue weighted by Gasteiger charge is -2.39. The summed E-state index contributed by atoms with van der Waals surface area (Å²) in [5, 5.41) is 5.80. The Labute approximate surface area is 154 Å².